The molecule has 3 aromatic rings. The molecule has 0 aliphatic heterocycles. The van der Waals surface area contributed by atoms with E-state index in [1.54, 1.807) is 7.05 Å². The number of hydrogen-bond acceptors (Lipinski definition) is 9. The largest absolute Gasteiger partial charge is 0.446 e. The van der Waals surface area contributed by atoms with Crippen molar-refractivity contribution < 1.29 is 27.3 Å². The van der Waals surface area contributed by atoms with Crippen LogP contribution in [0.3, 0.4) is 0 Å². The molecular formula is C15H14BrFN6O6S. The van der Waals surface area contributed by atoms with Crippen molar-refractivity contribution in [3.05, 3.63) is 39.0 Å². The van der Waals surface area contributed by atoms with Gasteiger partial charge in [0.1, 0.15) is 5.82 Å². The first-order chi connectivity index (χ1) is 14.4. The first-order valence-electron chi connectivity index (χ1n) is 8.29. The molecule has 160 valence electrons. The minimum Gasteiger partial charge on any atom is -0.385 e. The fourth-order valence-electron chi connectivity index (χ4n) is 2.26. The number of nitrogens with one attached hydrogen (secondary N) is 2. The van der Waals surface area contributed by atoms with Gasteiger partial charge in [0, 0.05) is 12.3 Å². The van der Waals surface area contributed by atoms with Crippen LogP contribution < -0.4 is 20.5 Å². The fraction of sp³-hybridized carbons (Fsp3) is 0.267. The number of carbonyl (C=O) groups excluding carboxylic acids is 1. The predicted octanol–water partition coefficient (Wildman–Crippen LogP) is 1.14. The summed E-state index contributed by atoms with van der Waals surface area (Å²) >= 11 is 3.03. The van der Waals surface area contributed by atoms with E-state index in [9.17, 15) is 18.2 Å². The first-order valence-corrected chi connectivity index (χ1v) is 10.4. The number of amides is 1. The van der Waals surface area contributed by atoms with Crippen LogP contribution in [0, 0.1) is 5.82 Å². The van der Waals surface area contributed by atoms with Crippen molar-refractivity contribution in [1.29, 1.82) is 0 Å². The van der Waals surface area contributed by atoms with Crippen LogP contribution in [0.25, 0.3) is 17.2 Å². The summed E-state index contributed by atoms with van der Waals surface area (Å²) in [6.45, 7) is 0.200. The summed E-state index contributed by atoms with van der Waals surface area (Å²) in [6.07, 6.45) is -0.432. The standard InChI is InChI=1S/C15H14BrFN6O6S/c1-18-30(26)6-2-5-19-14(24)27-13-11(20-29-22-13)12-21-28-15(25)23(12)8-3-4-10(17)9(16)7-8/h3-4,7,18H,2,5-6H2,1H3,(H,19,24). The molecule has 0 saturated heterocycles. The van der Waals surface area contributed by atoms with Gasteiger partial charge in [-0.1, -0.05) is 5.16 Å². The van der Waals surface area contributed by atoms with E-state index >= 15 is 0 Å². The summed E-state index contributed by atoms with van der Waals surface area (Å²) in [5.74, 6) is -1.63. The third-order valence-corrected chi connectivity index (χ3v) is 5.35. The van der Waals surface area contributed by atoms with Crippen LogP contribution in [0.1, 0.15) is 6.42 Å². The zero-order valence-corrected chi connectivity index (χ0v) is 17.7. The van der Waals surface area contributed by atoms with E-state index in [4.69, 9.17) is 4.74 Å². The van der Waals surface area contributed by atoms with Gasteiger partial charge in [0.05, 0.1) is 21.1 Å². The van der Waals surface area contributed by atoms with Gasteiger partial charge >= 0.3 is 11.8 Å². The molecule has 0 spiro atoms. The topological polar surface area (TPSA) is 154 Å². The molecular weight excluding hydrogens is 491 g/mol. The highest BCUT2D eigenvalue weighted by Crippen LogP contribution is 2.27. The van der Waals surface area contributed by atoms with E-state index in [2.05, 4.69) is 50.6 Å². The second-order valence-corrected chi connectivity index (χ2v) is 7.91. The minimum atomic E-state index is -1.18. The molecule has 0 fully saturated rings. The van der Waals surface area contributed by atoms with Crippen LogP contribution in [0.5, 0.6) is 5.88 Å². The van der Waals surface area contributed by atoms with Crippen molar-refractivity contribution in [3.8, 4) is 23.1 Å². The van der Waals surface area contributed by atoms with Crippen LogP contribution >= 0.6 is 15.9 Å². The maximum absolute atomic E-state index is 13.5. The van der Waals surface area contributed by atoms with Crippen molar-refractivity contribution >= 4 is 33.0 Å². The fourth-order valence-corrected chi connectivity index (χ4v) is 3.23. The molecule has 15 heteroatoms. The second-order valence-electron chi connectivity index (χ2n) is 5.55. The van der Waals surface area contributed by atoms with Gasteiger partial charge in [0.2, 0.25) is 11.5 Å². The molecule has 0 aliphatic carbocycles. The van der Waals surface area contributed by atoms with Crippen molar-refractivity contribution in [2.24, 2.45) is 0 Å². The second kappa shape index (κ2) is 9.73. The lowest BCUT2D eigenvalue weighted by Crippen LogP contribution is -2.29. The Balaban J connectivity index is 1.77. The molecule has 2 heterocycles. The molecule has 12 nitrogen and oxygen atoms in total. The lowest BCUT2D eigenvalue weighted by atomic mass is 10.3. The molecule has 0 bridgehead atoms. The highest BCUT2D eigenvalue weighted by molar-refractivity contribution is 9.10. The van der Waals surface area contributed by atoms with Gasteiger partial charge in [-0.25, -0.2) is 32.1 Å². The molecule has 0 aliphatic rings. The van der Waals surface area contributed by atoms with E-state index in [1.807, 2.05) is 0 Å². The summed E-state index contributed by atoms with van der Waals surface area (Å²) in [4.78, 5) is 24.1. The molecule has 2 aromatic heterocycles. The smallest absolute Gasteiger partial charge is 0.385 e. The van der Waals surface area contributed by atoms with Crippen LogP contribution in [0.2, 0.25) is 0 Å². The average molecular weight is 505 g/mol. The Kier molecular flexibility index (Phi) is 7.07. The van der Waals surface area contributed by atoms with Gasteiger partial charge in [-0.15, -0.1) is 0 Å². The third kappa shape index (κ3) is 4.98. The van der Waals surface area contributed by atoms with Crippen LogP contribution in [0.15, 0.2) is 36.6 Å². The quantitative estimate of drug-likeness (QED) is 0.429. The Morgan fingerprint density at radius 2 is 2.17 bits per heavy atom. The third-order valence-electron chi connectivity index (χ3n) is 3.63. The number of halogens is 2. The zero-order valence-electron chi connectivity index (χ0n) is 15.3. The van der Waals surface area contributed by atoms with E-state index in [-0.39, 0.29) is 34.1 Å². The lowest BCUT2D eigenvalue weighted by Gasteiger charge is -2.06. The summed E-state index contributed by atoms with van der Waals surface area (Å²) < 4.78 is 42.7. The molecule has 1 atom stereocenters. The maximum Gasteiger partial charge on any atom is 0.446 e. The molecule has 1 amide bonds. The van der Waals surface area contributed by atoms with E-state index in [0.717, 1.165) is 10.6 Å². The molecule has 0 radical (unpaired) electrons. The SMILES string of the molecule is CNS(=O)CCCNC(=O)Oc1nonc1-c1noc(=O)n1-c1ccc(F)c(Br)c1. The number of ether oxygens (including phenoxy) is 1. The van der Waals surface area contributed by atoms with Crippen LogP contribution in [0.4, 0.5) is 9.18 Å². The van der Waals surface area contributed by atoms with Gasteiger partial charge in [0.15, 0.2) is 0 Å². The van der Waals surface area contributed by atoms with E-state index in [1.165, 1.54) is 12.1 Å². The van der Waals surface area contributed by atoms with Gasteiger partial charge < -0.3 is 10.1 Å². The summed E-state index contributed by atoms with van der Waals surface area (Å²) in [6, 6.07) is 3.78. The Morgan fingerprint density at radius 1 is 1.37 bits per heavy atom. The van der Waals surface area contributed by atoms with Crippen molar-refractivity contribution in [2.45, 2.75) is 6.42 Å². The maximum atomic E-state index is 13.5. The molecule has 3 rings (SSSR count). The summed E-state index contributed by atoms with van der Waals surface area (Å²) in [7, 11) is 0.380. The van der Waals surface area contributed by atoms with Gasteiger partial charge in [-0.2, -0.15) is 0 Å². The first kappa shape index (κ1) is 21.8. The monoisotopic (exact) mass is 504 g/mol. The lowest BCUT2D eigenvalue weighted by molar-refractivity contribution is 0.194. The average Bonchev–Trinajstić information content (AvgIpc) is 3.33. The number of nitrogens with zero attached hydrogens (tertiary/aromatic N) is 4. The van der Waals surface area contributed by atoms with Gasteiger partial charge in [-0.05, 0) is 57.9 Å². The molecule has 0 saturated carbocycles. The highest BCUT2D eigenvalue weighted by Gasteiger charge is 2.25. The molecule has 30 heavy (non-hydrogen) atoms. The highest BCUT2D eigenvalue weighted by atomic mass is 79.9. The molecule has 2 N–H and O–H groups in total. The Labute approximate surface area is 178 Å². The van der Waals surface area contributed by atoms with Crippen molar-refractivity contribution in [1.82, 2.24) is 30.1 Å². The normalized spacial score (nSPS) is 12.0. The number of rotatable bonds is 8. The summed E-state index contributed by atoms with van der Waals surface area (Å²) in [5, 5.41) is 13.1. The minimum absolute atomic E-state index is 0.104. The van der Waals surface area contributed by atoms with Crippen molar-refractivity contribution in [2.75, 3.05) is 19.3 Å². The number of aromatic nitrogens is 4. The van der Waals surface area contributed by atoms with E-state index in [0.29, 0.717) is 12.2 Å². The molecule has 1 aromatic carbocycles. The van der Waals surface area contributed by atoms with Gasteiger partial charge in [0.25, 0.3) is 5.88 Å². The van der Waals surface area contributed by atoms with E-state index < -0.39 is 28.7 Å². The Morgan fingerprint density at radius 3 is 2.90 bits per heavy atom. The number of carbonyl (C=O) groups is 1. The molecule has 1 unspecified atom stereocenters. The number of hydrogen-bond donors (Lipinski definition) is 2. The Bertz CT molecular complexity index is 1130. The van der Waals surface area contributed by atoms with Crippen molar-refractivity contribution in [3.63, 3.8) is 0 Å². The summed E-state index contributed by atoms with van der Waals surface area (Å²) in [5.41, 5.74) is 0.0215. The predicted molar refractivity (Wildman–Crippen MR) is 104 cm³/mol. The number of benzene rings is 1. The van der Waals surface area contributed by atoms with Crippen LogP contribution in [-0.4, -0.2) is 49.7 Å². The zero-order chi connectivity index (χ0) is 21.7. The Hall–Kier alpha value is -2.91. The van der Waals surface area contributed by atoms with Crippen LogP contribution in [-0.2, 0) is 11.0 Å². The van der Waals surface area contributed by atoms with Gasteiger partial charge in [-0.3, -0.25) is 4.52 Å².